The first-order valence-electron chi connectivity index (χ1n) is 12.4. The molecule has 1 aliphatic heterocycles. The molecule has 0 radical (unpaired) electrons. The molecule has 1 saturated heterocycles. The lowest BCUT2D eigenvalue weighted by Crippen LogP contribution is -2.53. The van der Waals surface area contributed by atoms with Gasteiger partial charge >= 0.3 is 5.97 Å². The van der Waals surface area contributed by atoms with Crippen LogP contribution in [0.25, 0.3) is 0 Å². The molecule has 0 amide bonds. The van der Waals surface area contributed by atoms with E-state index in [9.17, 15) is 9.59 Å². The monoisotopic (exact) mass is 414 g/mol. The number of hydrogen-bond donors (Lipinski definition) is 0. The second kappa shape index (κ2) is 7.18. The Kier molecular flexibility index (Phi) is 4.96. The Balaban J connectivity index is 1.35. The van der Waals surface area contributed by atoms with Gasteiger partial charge in [-0.1, -0.05) is 20.8 Å². The zero-order valence-electron chi connectivity index (χ0n) is 19.1. The van der Waals surface area contributed by atoms with Crippen LogP contribution < -0.4 is 0 Å². The van der Waals surface area contributed by atoms with Crippen LogP contribution in [0.3, 0.4) is 0 Å². The molecule has 0 aromatic rings. The van der Waals surface area contributed by atoms with Gasteiger partial charge < -0.3 is 9.47 Å². The first-order chi connectivity index (χ1) is 14.3. The zero-order chi connectivity index (χ0) is 21.3. The topological polar surface area (TPSA) is 55.9 Å². The Bertz CT molecular complexity index is 771. The number of rotatable bonds is 5. The molecule has 1 heterocycles. The normalized spacial score (nSPS) is 47.3. The summed E-state index contributed by atoms with van der Waals surface area (Å²) in [6, 6.07) is 0. The molecule has 0 bridgehead atoms. The third kappa shape index (κ3) is 2.96. The molecule has 30 heavy (non-hydrogen) atoms. The van der Waals surface area contributed by atoms with Gasteiger partial charge in [0, 0.05) is 12.8 Å². The summed E-state index contributed by atoms with van der Waals surface area (Å²) < 4.78 is 11.5. The van der Waals surface area contributed by atoms with Gasteiger partial charge in [-0.05, 0) is 97.5 Å². The molecule has 0 N–H and O–H groups in total. The number of carbonyl (C=O) groups excluding carboxylic acids is 2. The number of ether oxygens (including phenoxy) is 2. The van der Waals surface area contributed by atoms with E-state index < -0.39 is 0 Å². The number of epoxide rings is 1. The summed E-state index contributed by atoms with van der Waals surface area (Å²) >= 11 is 0. The maximum atomic E-state index is 12.1. The van der Waals surface area contributed by atoms with E-state index in [1.165, 1.54) is 31.3 Å². The minimum absolute atomic E-state index is 0.0478. The SMILES string of the molecule is CCOC(=O)CC[C@@H](C)[C@H]1CCC2C3C(CC[C@@]21C)[C@@]1(C)CCC(=O)C=C1[C@H]1O[C@@H]31. The fourth-order valence-electron chi connectivity index (χ4n) is 8.56. The second-order valence-corrected chi connectivity index (χ2v) is 11.3. The van der Waals surface area contributed by atoms with Gasteiger partial charge in [-0.3, -0.25) is 9.59 Å². The first-order valence-corrected chi connectivity index (χ1v) is 12.4. The van der Waals surface area contributed by atoms with Crippen molar-refractivity contribution in [2.75, 3.05) is 6.61 Å². The van der Waals surface area contributed by atoms with Gasteiger partial charge in [0.25, 0.3) is 0 Å². The van der Waals surface area contributed by atoms with Crippen molar-refractivity contribution in [3.05, 3.63) is 11.6 Å². The molecule has 4 aliphatic carbocycles. The van der Waals surface area contributed by atoms with Crippen LogP contribution in [0.1, 0.15) is 79.1 Å². The van der Waals surface area contributed by atoms with E-state index in [0.717, 1.165) is 18.8 Å². The summed E-state index contributed by atoms with van der Waals surface area (Å²) in [6.45, 7) is 9.68. The van der Waals surface area contributed by atoms with Gasteiger partial charge in [0.15, 0.2) is 5.78 Å². The van der Waals surface area contributed by atoms with Gasteiger partial charge in [-0.15, -0.1) is 0 Å². The molecule has 4 heteroatoms. The third-order valence-electron chi connectivity index (χ3n) is 10.1. The highest BCUT2D eigenvalue weighted by molar-refractivity contribution is 5.92. The Morgan fingerprint density at radius 3 is 2.80 bits per heavy atom. The molecule has 9 atom stereocenters. The molecule has 166 valence electrons. The van der Waals surface area contributed by atoms with Crippen molar-refractivity contribution in [1.29, 1.82) is 0 Å². The fraction of sp³-hybridized carbons (Fsp3) is 0.846. The first kappa shape index (κ1) is 20.7. The molecule has 3 unspecified atom stereocenters. The molecule has 0 aromatic carbocycles. The molecule has 5 aliphatic rings. The predicted molar refractivity (Wildman–Crippen MR) is 115 cm³/mol. The standard InChI is InChI=1S/C26H38O4/c1-5-29-21(28)9-6-15(2)17-7-8-18-22-19(11-13-25(17,18)3)26(4)12-10-16(27)14-20(26)23-24(22)30-23/h14-15,17-19,22-24H,5-13H2,1-4H3/t15-,17-,18?,19?,22?,23-,24+,25-,26-/m1/s1. The summed E-state index contributed by atoms with van der Waals surface area (Å²) in [4.78, 5) is 24.0. The molecule has 0 spiro atoms. The largest absolute Gasteiger partial charge is 0.466 e. The fourth-order valence-corrected chi connectivity index (χ4v) is 8.56. The average molecular weight is 415 g/mol. The van der Waals surface area contributed by atoms with Crippen LogP contribution in [0, 0.1) is 40.4 Å². The van der Waals surface area contributed by atoms with Crippen molar-refractivity contribution in [2.45, 2.75) is 91.3 Å². The van der Waals surface area contributed by atoms with Crippen molar-refractivity contribution in [3.63, 3.8) is 0 Å². The molecule has 4 fully saturated rings. The second-order valence-electron chi connectivity index (χ2n) is 11.3. The van der Waals surface area contributed by atoms with Crippen molar-refractivity contribution in [3.8, 4) is 0 Å². The molecule has 3 saturated carbocycles. The highest BCUT2D eigenvalue weighted by Crippen LogP contribution is 2.70. The zero-order valence-corrected chi connectivity index (χ0v) is 19.1. The van der Waals surface area contributed by atoms with E-state index in [2.05, 4.69) is 20.8 Å². The minimum atomic E-state index is -0.0478. The van der Waals surface area contributed by atoms with Crippen molar-refractivity contribution in [2.24, 2.45) is 40.4 Å². The quantitative estimate of drug-likeness (QED) is 0.464. The lowest BCUT2D eigenvalue weighted by molar-refractivity contribution is -0.143. The number of esters is 1. The molecule has 4 nitrogen and oxygen atoms in total. The summed E-state index contributed by atoms with van der Waals surface area (Å²) in [5.74, 6) is 3.52. The van der Waals surface area contributed by atoms with Crippen molar-refractivity contribution >= 4 is 11.8 Å². The number of fused-ring (bicyclic) bond motifs is 8. The maximum absolute atomic E-state index is 12.1. The Morgan fingerprint density at radius 2 is 2.03 bits per heavy atom. The smallest absolute Gasteiger partial charge is 0.305 e. The number of hydrogen-bond acceptors (Lipinski definition) is 4. The molecule has 0 aromatic heterocycles. The van der Waals surface area contributed by atoms with Crippen molar-refractivity contribution < 1.29 is 19.1 Å². The Hall–Kier alpha value is -1.16. The Morgan fingerprint density at radius 1 is 1.23 bits per heavy atom. The van der Waals surface area contributed by atoms with Gasteiger partial charge in [0.1, 0.15) is 6.10 Å². The van der Waals surface area contributed by atoms with Gasteiger partial charge in [-0.2, -0.15) is 0 Å². The third-order valence-corrected chi connectivity index (χ3v) is 10.1. The van der Waals surface area contributed by atoms with Crippen LogP contribution in [0.5, 0.6) is 0 Å². The van der Waals surface area contributed by atoms with Crippen LogP contribution in [-0.4, -0.2) is 30.6 Å². The van der Waals surface area contributed by atoms with Crippen LogP contribution in [0.15, 0.2) is 11.6 Å². The van der Waals surface area contributed by atoms with E-state index in [1.54, 1.807) is 0 Å². The number of ketones is 1. The van der Waals surface area contributed by atoms with E-state index in [1.807, 2.05) is 13.0 Å². The highest BCUT2D eigenvalue weighted by Gasteiger charge is 2.69. The lowest BCUT2D eigenvalue weighted by atomic mass is 9.46. The van der Waals surface area contributed by atoms with Crippen LogP contribution in [-0.2, 0) is 19.1 Å². The minimum Gasteiger partial charge on any atom is -0.466 e. The lowest BCUT2D eigenvalue weighted by Gasteiger charge is -2.57. The predicted octanol–water partition coefficient (Wildman–Crippen LogP) is 5.10. The van der Waals surface area contributed by atoms with E-state index in [-0.39, 0.29) is 17.5 Å². The van der Waals surface area contributed by atoms with Crippen LogP contribution >= 0.6 is 0 Å². The molecule has 5 rings (SSSR count). The number of carbonyl (C=O) groups is 2. The van der Waals surface area contributed by atoms with Gasteiger partial charge in [0.05, 0.1) is 12.7 Å². The summed E-state index contributed by atoms with van der Waals surface area (Å²) in [5.41, 5.74) is 1.84. The average Bonchev–Trinajstić information content (AvgIpc) is 3.42. The van der Waals surface area contributed by atoms with E-state index in [4.69, 9.17) is 9.47 Å². The summed E-state index contributed by atoms with van der Waals surface area (Å²) in [6.07, 6.45) is 10.8. The van der Waals surface area contributed by atoms with Gasteiger partial charge in [-0.25, -0.2) is 0 Å². The maximum Gasteiger partial charge on any atom is 0.305 e. The summed E-state index contributed by atoms with van der Waals surface area (Å²) in [7, 11) is 0. The van der Waals surface area contributed by atoms with Crippen molar-refractivity contribution in [1.82, 2.24) is 0 Å². The Labute approximate surface area is 181 Å². The van der Waals surface area contributed by atoms with E-state index in [0.29, 0.717) is 60.4 Å². The highest BCUT2D eigenvalue weighted by atomic mass is 16.6. The van der Waals surface area contributed by atoms with Crippen LogP contribution in [0.4, 0.5) is 0 Å². The van der Waals surface area contributed by atoms with Crippen LogP contribution in [0.2, 0.25) is 0 Å². The summed E-state index contributed by atoms with van der Waals surface area (Å²) in [5, 5.41) is 0. The van der Waals surface area contributed by atoms with E-state index >= 15 is 0 Å². The molecular weight excluding hydrogens is 376 g/mol. The van der Waals surface area contributed by atoms with Gasteiger partial charge in [0.2, 0.25) is 0 Å². The molecular formula is C26H38O4.